The first-order valence-electron chi connectivity index (χ1n) is 7.53. The molecule has 0 saturated carbocycles. The summed E-state index contributed by atoms with van der Waals surface area (Å²) in [7, 11) is 0. The van der Waals surface area contributed by atoms with Crippen molar-refractivity contribution in [1.82, 2.24) is 4.57 Å². The molecule has 4 nitrogen and oxygen atoms in total. The number of hydrogen-bond donors (Lipinski definition) is 0. The maximum atomic E-state index is 12.4. The first-order chi connectivity index (χ1) is 11.2. The van der Waals surface area contributed by atoms with Crippen LogP contribution in [0.2, 0.25) is 0 Å². The molecule has 0 fully saturated rings. The second-order valence-electron chi connectivity index (χ2n) is 5.27. The minimum atomic E-state index is -0.214. The van der Waals surface area contributed by atoms with Gasteiger partial charge in [0.15, 0.2) is 12.9 Å². The molecule has 0 aliphatic heterocycles. The smallest absolute Gasteiger partial charge is 0.269 e. The molecule has 2 aromatic carbocycles. The van der Waals surface area contributed by atoms with Gasteiger partial charge in [0.25, 0.3) is 5.91 Å². The van der Waals surface area contributed by atoms with Gasteiger partial charge in [-0.15, -0.1) is 0 Å². The predicted molar refractivity (Wildman–Crippen MR) is 89.3 cm³/mol. The Morgan fingerprint density at radius 1 is 1.13 bits per heavy atom. The number of aryl methyl sites for hydroxylation is 1. The van der Waals surface area contributed by atoms with Gasteiger partial charge in [0, 0.05) is 17.1 Å². The lowest BCUT2D eigenvalue weighted by molar-refractivity contribution is 0.0843. The van der Waals surface area contributed by atoms with E-state index in [4.69, 9.17) is 4.74 Å². The topological polar surface area (TPSA) is 48.3 Å². The van der Waals surface area contributed by atoms with E-state index in [1.807, 2.05) is 48.5 Å². The molecule has 3 rings (SSSR count). The molecular formula is C19H17NO3. The summed E-state index contributed by atoms with van der Waals surface area (Å²) in [4.78, 5) is 23.5. The van der Waals surface area contributed by atoms with Crippen molar-refractivity contribution in [3.63, 3.8) is 0 Å². The summed E-state index contributed by atoms with van der Waals surface area (Å²) >= 11 is 0. The first-order valence-corrected chi connectivity index (χ1v) is 7.53. The van der Waals surface area contributed by atoms with E-state index in [0.717, 1.165) is 18.1 Å². The number of nitrogens with zero attached hydrogens (tertiary/aromatic N) is 1. The van der Waals surface area contributed by atoms with Gasteiger partial charge >= 0.3 is 0 Å². The minimum Gasteiger partial charge on any atom is -0.484 e. The summed E-state index contributed by atoms with van der Waals surface area (Å²) in [6.45, 7) is 2.00. The quantitative estimate of drug-likeness (QED) is 0.675. The molecule has 0 atom stereocenters. The number of hydrogen-bond acceptors (Lipinski definition) is 3. The lowest BCUT2D eigenvalue weighted by Crippen LogP contribution is -2.18. The van der Waals surface area contributed by atoms with Crippen LogP contribution in [0.15, 0.2) is 54.7 Å². The van der Waals surface area contributed by atoms with Gasteiger partial charge in [-0.3, -0.25) is 14.2 Å². The summed E-state index contributed by atoms with van der Waals surface area (Å²) in [6, 6.07) is 15.0. The number of fused-ring (bicyclic) bond motifs is 1. The maximum absolute atomic E-state index is 12.4. The van der Waals surface area contributed by atoms with Gasteiger partial charge in [0.2, 0.25) is 0 Å². The van der Waals surface area contributed by atoms with E-state index >= 15 is 0 Å². The third kappa shape index (κ3) is 3.01. The van der Waals surface area contributed by atoms with Crippen LogP contribution in [0, 0.1) is 0 Å². The van der Waals surface area contributed by atoms with Crippen molar-refractivity contribution in [2.45, 2.75) is 13.3 Å². The SMILES string of the molecule is CCc1ccc(OCC(=O)n2cc(C=O)c3ccccc32)cc1. The highest BCUT2D eigenvalue weighted by Crippen LogP contribution is 2.20. The molecule has 3 aromatic rings. The lowest BCUT2D eigenvalue weighted by Gasteiger charge is -2.07. The minimum absolute atomic E-state index is 0.0809. The van der Waals surface area contributed by atoms with Crippen LogP contribution in [0.1, 0.15) is 27.6 Å². The molecule has 0 N–H and O–H groups in total. The number of carbonyl (C=O) groups excluding carboxylic acids is 2. The average Bonchev–Trinajstić information content (AvgIpc) is 2.99. The van der Waals surface area contributed by atoms with Crippen molar-refractivity contribution < 1.29 is 14.3 Å². The molecular weight excluding hydrogens is 290 g/mol. The van der Waals surface area contributed by atoms with Crippen molar-refractivity contribution in [3.8, 4) is 5.75 Å². The third-order valence-corrected chi connectivity index (χ3v) is 3.83. The standard InChI is InChI=1S/C19H17NO3/c1-2-14-7-9-16(10-8-14)23-13-19(22)20-11-15(12-21)17-5-3-4-6-18(17)20/h3-12H,2,13H2,1H3. The maximum Gasteiger partial charge on any atom is 0.269 e. The number of carbonyl (C=O) groups is 2. The van der Waals surface area contributed by atoms with E-state index in [1.165, 1.54) is 10.1 Å². The molecule has 4 heteroatoms. The second kappa shape index (κ2) is 6.48. The average molecular weight is 307 g/mol. The molecule has 1 aromatic heterocycles. The third-order valence-electron chi connectivity index (χ3n) is 3.83. The Labute approximate surface area is 134 Å². The van der Waals surface area contributed by atoms with E-state index < -0.39 is 0 Å². The summed E-state index contributed by atoms with van der Waals surface area (Å²) < 4.78 is 7.03. The molecule has 0 bridgehead atoms. The molecule has 1 heterocycles. The van der Waals surface area contributed by atoms with E-state index in [0.29, 0.717) is 16.8 Å². The molecule has 0 unspecified atom stereocenters. The largest absolute Gasteiger partial charge is 0.484 e. The molecule has 116 valence electrons. The van der Waals surface area contributed by atoms with Crippen LogP contribution in [0.3, 0.4) is 0 Å². The van der Waals surface area contributed by atoms with Gasteiger partial charge < -0.3 is 4.74 Å². The van der Waals surface area contributed by atoms with Crippen molar-refractivity contribution >= 4 is 23.1 Å². The van der Waals surface area contributed by atoms with Gasteiger partial charge in [-0.25, -0.2) is 0 Å². The van der Waals surface area contributed by atoms with Crippen LogP contribution in [0.5, 0.6) is 5.75 Å². The summed E-state index contributed by atoms with van der Waals surface area (Å²) in [5.74, 6) is 0.441. The molecule has 0 aliphatic rings. The van der Waals surface area contributed by atoms with Gasteiger partial charge in [0.05, 0.1) is 5.52 Å². The second-order valence-corrected chi connectivity index (χ2v) is 5.27. The zero-order valence-corrected chi connectivity index (χ0v) is 12.9. The molecule has 23 heavy (non-hydrogen) atoms. The van der Waals surface area contributed by atoms with Gasteiger partial charge in [-0.1, -0.05) is 37.3 Å². The number of aromatic nitrogens is 1. The van der Waals surface area contributed by atoms with Crippen LogP contribution in [0.25, 0.3) is 10.9 Å². The van der Waals surface area contributed by atoms with Crippen LogP contribution < -0.4 is 4.74 Å². The number of rotatable bonds is 5. The number of para-hydroxylation sites is 1. The van der Waals surface area contributed by atoms with E-state index in [9.17, 15) is 9.59 Å². The lowest BCUT2D eigenvalue weighted by atomic mass is 10.2. The van der Waals surface area contributed by atoms with Crippen molar-refractivity contribution in [2.24, 2.45) is 0 Å². The fraction of sp³-hybridized carbons (Fsp3) is 0.158. The highest BCUT2D eigenvalue weighted by atomic mass is 16.5. The number of ether oxygens (including phenoxy) is 1. The Kier molecular flexibility index (Phi) is 4.24. The Morgan fingerprint density at radius 3 is 2.57 bits per heavy atom. The Balaban J connectivity index is 1.79. The van der Waals surface area contributed by atoms with E-state index in [2.05, 4.69) is 6.92 Å². The van der Waals surface area contributed by atoms with Crippen molar-refractivity contribution in [1.29, 1.82) is 0 Å². The Hall–Kier alpha value is -2.88. The van der Waals surface area contributed by atoms with E-state index in [1.54, 1.807) is 6.20 Å². The molecule has 0 aliphatic carbocycles. The molecule has 0 amide bonds. The Bertz CT molecular complexity index is 847. The fourth-order valence-corrected chi connectivity index (χ4v) is 2.54. The van der Waals surface area contributed by atoms with Crippen LogP contribution in [-0.2, 0) is 6.42 Å². The summed E-state index contributed by atoms with van der Waals surface area (Å²) in [5.41, 5.74) is 2.43. The van der Waals surface area contributed by atoms with Crippen LogP contribution in [-0.4, -0.2) is 23.4 Å². The van der Waals surface area contributed by atoms with Crippen molar-refractivity contribution in [2.75, 3.05) is 6.61 Å². The highest BCUT2D eigenvalue weighted by molar-refractivity contribution is 6.02. The van der Waals surface area contributed by atoms with Gasteiger partial charge in [-0.2, -0.15) is 0 Å². The highest BCUT2D eigenvalue weighted by Gasteiger charge is 2.13. The first kappa shape index (κ1) is 15.0. The van der Waals surface area contributed by atoms with Crippen LogP contribution >= 0.6 is 0 Å². The fourth-order valence-electron chi connectivity index (χ4n) is 2.54. The summed E-state index contributed by atoms with van der Waals surface area (Å²) in [5, 5.41) is 0.767. The predicted octanol–water partition coefficient (Wildman–Crippen LogP) is 3.74. The molecule has 0 radical (unpaired) electrons. The number of aldehydes is 1. The zero-order chi connectivity index (χ0) is 16.2. The van der Waals surface area contributed by atoms with Crippen LogP contribution in [0.4, 0.5) is 0 Å². The molecule has 0 spiro atoms. The van der Waals surface area contributed by atoms with Gasteiger partial charge in [-0.05, 0) is 30.2 Å². The normalized spacial score (nSPS) is 10.7. The van der Waals surface area contributed by atoms with E-state index in [-0.39, 0.29) is 12.5 Å². The zero-order valence-electron chi connectivity index (χ0n) is 12.9. The number of benzene rings is 2. The van der Waals surface area contributed by atoms with Gasteiger partial charge in [0.1, 0.15) is 5.75 Å². The Morgan fingerprint density at radius 2 is 1.87 bits per heavy atom. The van der Waals surface area contributed by atoms with Crippen molar-refractivity contribution in [3.05, 3.63) is 65.9 Å². The molecule has 0 saturated heterocycles. The monoisotopic (exact) mass is 307 g/mol. The summed E-state index contributed by atoms with van der Waals surface area (Å²) in [6.07, 6.45) is 3.28.